The van der Waals surface area contributed by atoms with Gasteiger partial charge in [-0.05, 0) is 43.2 Å². The van der Waals surface area contributed by atoms with Gasteiger partial charge in [0.05, 0.1) is 11.5 Å². The van der Waals surface area contributed by atoms with Crippen molar-refractivity contribution in [2.75, 3.05) is 11.5 Å². The maximum absolute atomic E-state index is 11.6. The fourth-order valence-electron chi connectivity index (χ4n) is 3.30. The molecule has 5 heteroatoms. The predicted molar refractivity (Wildman–Crippen MR) is 84.7 cm³/mol. The summed E-state index contributed by atoms with van der Waals surface area (Å²) in [6.45, 7) is 0. The average molecular weight is 358 g/mol. The van der Waals surface area contributed by atoms with Gasteiger partial charge in [-0.15, -0.1) is 0 Å². The fraction of sp³-hybridized carbons (Fsp3) is 0.600. The van der Waals surface area contributed by atoms with E-state index in [2.05, 4.69) is 39.4 Å². The van der Waals surface area contributed by atoms with Crippen molar-refractivity contribution in [1.29, 1.82) is 0 Å². The van der Waals surface area contributed by atoms with Crippen LogP contribution in [0.4, 0.5) is 0 Å². The lowest BCUT2D eigenvalue weighted by molar-refractivity contribution is 0.263. The molecule has 2 fully saturated rings. The molecule has 1 aliphatic heterocycles. The minimum Gasteiger partial charge on any atom is -0.310 e. The van der Waals surface area contributed by atoms with Crippen molar-refractivity contribution < 1.29 is 8.42 Å². The van der Waals surface area contributed by atoms with E-state index in [1.165, 1.54) is 10.0 Å². The molecule has 0 spiro atoms. The molecule has 1 aromatic carbocycles. The summed E-state index contributed by atoms with van der Waals surface area (Å²) in [4.78, 5) is 0. The molecule has 3 rings (SSSR count). The van der Waals surface area contributed by atoms with Crippen molar-refractivity contribution in [2.45, 2.75) is 43.7 Å². The summed E-state index contributed by atoms with van der Waals surface area (Å²) < 4.78 is 24.5. The Kier molecular flexibility index (Phi) is 4.20. The van der Waals surface area contributed by atoms with Crippen molar-refractivity contribution in [3.63, 3.8) is 0 Å². The molecule has 1 aliphatic carbocycles. The van der Waals surface area contributed by atoms with Crippen LogP contribution in [0.3, 0.4) is 0 Å². The first-order chi connectivity index (χ1) is 9.53. The molecule has 1 N–H and O–H groups in total. The Morgan fingerprint density at radius 1 is 1.15 bits per heavy atom. The molecule has 110 valence electrons. The summed E-state index contributed by atoms with van der Waals surface area (Å²) in [7, 11) is -2.80. The largest absolute Gasteiger partial charge is 0.310 e. The highest BCUT2D eigenvalue weighted by Crippen LogP contribution is 2.40. The molecular formula is C15H20BrNO2S. The van der Waals surface area contributed by atoms with Crippen LogP contribution in [-0.2, 0) is 9.84 Å². The van der Waals surface area contributed by atoms with Crippen LogP contribution in [0.5, 0.6) is 0 Å². The van der Waals surface area contributed by atoms with Crippen LogP contribution in [0.25, 0.3) is 0 Å². The van der Waals surface area contributed by atoms with Gasteiger partial charge < -0.3 is 5.32 Å². The zero-order chi connectivity index (χ0) is 14.2. The second-order valence-corrected chi connectivity index (χ2v) is 9.09. The first kappa shape index (κ1) is 14.5. The lowest BCUT2D eigenvalue weighted by Gasteiger charge is -2.40. The molecule has 1 unspecified atom stereocenters. The number of halogens is 1. The molecule has 1 atom stereocenters. The van der Waals surface area contributed by atoms with E-state index < -0.39 is 9.84 Å². The van der Waals surface area contributed by atoms with Crippen LogP contribution in [0, 0.1) is 0 Å². The molecule has 1 saturated carbocycles. The molecule has 0 aromatic heterocycles. The number of rotatable bonds is 3. The Morgan fingerprint density at radius 2 is 1.90 bits per heavy atom. The normalized spacial score (nSPS) is 32.5. The number of hydrogen-bond donors (Lipinski definition) is 1. The summed E-state index contributed by atoms with van der Waals surface area (Å²) in [5.41, 5.74) is 1.38. The van der Waals surface area contributed by atoms with E-state index in [1.54, 1.807) is 0 Å². The summed E-state index contributed by atoms with van der Waals surface area (Å²) >= 11 is 3.61. The van der Waals surface area contributed by atoms with Crippen molar-refractivity contribution in [3.05, 3.63) is 34.3 Å². The highest BCUT2D eigenvalue weighted by atomic mass is 79.9. The van der Waals surface area contributed by atoms with Gasteiger partial charge in [0.25, 0.3) is 0 Å². The zero-order valence-corrected chi connectivity index (χ0v) is 13.8. The van der Waals surface area contributed by atoms with E-state index >= 15 is 0 Å². The predicted octanol–water partition coefficient (Wildman–Crippen LogP) is 2.86. The monoisotopic (exact) mass is 357 g/mol. The van der Waals surface area contributed by atoms with Crippen molar-refractivity contribution in [1.82, 2.24) is 5.32 Å². The highest BCUT2D eigenvalue weighted by molar-refractivity contribution is 9.10. The number of hydrogen-bond acceptors (Lipinski definition) is 3. The van der Waals surface area contributed by atoms with E-state index in [1.807, 2.05) is 6.07 Å². The van der Waals surface area contributed by atoms with Crippen molar-refractivity contribution in [3.8, 4) is 0 Å². The van der Waals surface area contributed by atoms with E-state index in [9.17, 15) is 8.42 Å². The average Bonchev–Trinajstić information content (AvgIpc) is 2.33. The number of benzene rings is 1. The molecule has 2 aliphatic rings. The second-order valence-electron chi connectivity index (χ2n) is 6.01. The van der Waals surface area contributed by atoms with Gasteiger partial charge in [-0.3, -0.25) is 0 Å². The van der Waals surface area contributed by atoms with Gasteiger partial charge >= 0.3 is 0 Å². The van der Waals surface area contributed by atoms with Gasteiger partial charge in [0.1, 0.15) is 0 Å². The highest BCUT2D eigenvalue weighted by Gasteiger charge is 2.34. The van der Waals surface area contributed by atoms with Crippen LogP contribution in [0.15, 0.2) is 28.7 Å². The Hall–Kier alpha value is -0.390. The molecule has 1 saturated heterocycles. The number of sulfone groups is 1. The summed E-state index contributed by atoms with van der Waals surface area (Å²) in [6, 6.07) is 9.02. The van der Waals surface area contributed by atoms with E-state index in [0.29, 0.717) is 23.5 Å². The molecule has 1 heterocycles. The lowest BCUT2D eigenvalue weighted by Crippen LogP contribution is -2.49. The van der Waals surface area contributed by atoms with Gasteiger partial charge in [-0.1, -0.05) is 34.1 Å². The SMILES string of the molecule is O=S1(=O)CCCC(NC2CC(c3ccccc3Br)C2)C1. The minimum atomic E-state index is -2.80. The van der Waals surface area contributed by atoms with Gasteiger partial charge in [0.2, 0.25) is 0 Å². The van der Waals surface area contributed by atoms with Gasteiger partial charge in [-0.25, -0.2) is 8.42 Å². The third-order valence-electron chi connectivity index (χ3n) is 4.42. The minimum absolute atomic E-state index is 0.166. The van der Waals surface area contributed by atoms with E-state index in [-0.39, 0.29) is 6.04 Å². The quantitative estimate of drug-likeness (QED) is 0.904. The summed E-state index contributed by atoms with van der Waals surface area (Å²) in [6.07, 6.45) is 4.02. The van der Waals surface area contributed by atoms with E-state index in [4.69, 9.17) is 0 Å². The molecule has 1 aromatic rings. The first-order valence-corrected chi connectivity index (χ1v) is 9.86. The maximum Gasteiger partial charge on any atom is 0.151 e. The van der Waals surface area contributed by atoms with Gasteiger partial charge in [0.15, 0.2) is 9.84 Å². The van der Waals surface area contributed by atoms with Crippen LogP contribution in [0.2, 0.25) is 0 Å². The van der Waals surface area contributed by atoms with Crippen molar-refractivity contribution >= 4 is 25.8 Å². The summed E-state index contributed by atoms with van der Waals surface area (Å²) in [5, 5.41) is 3.54. The second kappa shape index (κ2) is 5.78. The molecule has 20 heavy (non-hydrogen) atoms. The van der Waals surface area contributed by atoms with E-state index in [0.717, 1.165) is 25.7 Å². The van der Waals surface area contributed by atoms with Crippen LogP contribution >= 0.6 is 15.9 Å². The zero-order valence-electron chi connectivity index (χ0n) is 11.4. The molecule has 0 bridgehead atoms. The molecule has 3 nitrogen and oxygen atoms in total. The smallest absolute Gasteiger partial charge is 0.151 e. The Morgan fingerprint density at radius 3 is 2.60 bits per heavy atom. The molecule has 0 amide bonds. The van der Waals surface area contributed by atoms with Crippen LogP contribution in [0.1, 0.15) is 37.2 Å². The first-order valence-electron chi connectivity index (χ1n) is 7.24. The Labute approximate surface area is 129 Å². The number of nitrogens with one attached hydrogen (secondary N) is 1. The third kappa shape index (κ3) is 3.26. The Balaban J connectivity index is 1.53. The van der Waals surface area contributed by atoms with Gasteiger partial charge in [-0.2, -0.15) is 0 Å². The molecular weight excluding hydrogens is 338 g/mol. The third-order valence-corrected chi connectivity index (χ3v) is 6.96. The topological polar surface area (TPSA) is 46.2 Å². The fourth-order valence-corrected chi connectivity index (χ4v) is 5.56. The lowest BCUT2D eigenvalue weighted by atomic mass is 9.75. The van der Waals surface area contributed by atoms with Gasteiger partial charge in [0, 0.05) is 16.6 Å². The van der Waals surface area contributed by atoms with Crippen LogP contribution < -0.4 is 5.32 Å². The molecule has 0 radical (unpaired) electrons. The maximum atomic E-state index is 11.6. The standard InChI is InChI=1S/C15H20BrNO2S/c16-15-6-2-1-5-14(15)11-8-13(9-11)17-12-4-3-7-20(18,19)10-12/h1-2,5-6,11-13,17H,3-4,7-10H2. The van der Waals surface area contributed by atoms with Crippen molar-refractivity contribution in [2.24, 2.45) is 0 Å². The van der Waals surface area contributed by atoms with Crippen LogP contribution in [-0.4, -0.2) is 32.0 Å². The summed E-state index contributed by atoms with van der Waals surface area (Å²) in [5.74, 6) is 1.29. The Bertz CT molecular complexity index is 581.